The Labute approximate surface area is 177 Å². The van der Waals surface area contributed by atoms with Crippen LogP contribution in [0.1, 0.15) is 53.0 Å². The highest BCUT2D eigenvalue weighted by molar-refractivity contribution is 5.88. The molecule has 1 rings (SSSR count). The third-order valence-corrected chi connectivity index (χ3v) is 3.83. The number of amides is 2. The molecule has 0 saturated carbocycles. The quantitative estimate of drug-likeness (QED) is 0.445. The molecule has 0 saturated heterocycles. The summed E-state index contributed by atoms with van der Waals surface area (Å²) in [6.07, 6.45) is -0.222. The molecule has 1 aromatic rings. The van der Waals surface area contributed by atoms with E-state index in [1.165, 1.54) is 0 Å². The Morgan fingerprint density at radius 2 is 1.70 bits per heavy atom. The summed E-state index contributed by atoms with van der Waals surface area (Å²) >= 11 is 0. The van der Waals surface area contributed by atoms with E-state index in [-0.39, 0.29) is 18.9 Å². The Hall–Kier alpha value is -2.90. The molecule has 0 unspecified atom stereocenters. The zero-order valence-corrected chi connectivity index (χ0v) is 18.3. The summed E-state index contributed by atoms with van der Waals surface area (Å²) < 4.78 is 10.3. The van der Waals surface area contributed by atoms with E-state index in [1.807, 2.05) is 44.2 Å². The summed E-state index contributed by atoms with van der Waals surface area (Å²) in [5, 5.41) is 5.02. The third kappa shape index (κ3) is 10.6. The fourth-order valence-electron chi connectivity index (χ4n) is 2.59. The second kappa shape index (κ2) is 11.9. The molecule has 2 amide bonds. The van der Waals surface area contributed by atoms with Gasteiger partial charge in [-0.05, 0) is 38.7 Å². The Morgan fingerprint density at radius 1 is 1.07 bits per heavy atom. The largest absolute Gasteiger partial charge is 0.460 e. The van der Waals surface area contributed by atoms with E-state index in [0.29, 0.717) is 12.7 Å². The van der Waals surface area contributed by atoms with Crippen molar-refractivity contribution < 1.29 is 28.7 Å². The van der Waals surface area contributed by atoms with E-state index in [0.717, 1.165) is 5.56 Å². The van der Waals surface area contributed by atoms with Crippen molar-refractivity contribution in [2.75, 3.05) is 0 Å². The zero-order valence-electron chi connectivity index (χ0n) is 18.3. The highest BCUT2D eigenvalue weighted by Crippen LogP contribution is 2.10. The average Bonchev–Trinajstić information content (AvgIpc) is 2.64. The molecule has 0 aromatic heterocycles. The van der Waals surface area contributed by atoms with Crippen molar-refractivity contribution in [1.29, 1.82) is 0 Å². The maximum atomic E-state index is 12.6. The minimum Gasteiger partial charge on any atom is -0.460 e. The molecule has 0 heterocycles. The number of hydrogen-bond donors (Lipinski definition) is 2. The van der Waals surface area contributed by atoms with Crippen molar-refractivity contribution >= 4 is 24.3 Å². The van der Waals surface area contributed by atoms with Crippen LogP contribution in [0.3, 0.4) is 0 Å². The average molecular weight is 421 g/mol. The van der Waals surface area contributed by atoms with Crippen LogP contribution in [0.5, 0.6) is 0 Å². The monoisotopic (exact) mass is 420 g/mol. The Bertz CT molecular complexity index is 712. The van der Waals surface area contributed by atoms with Gasteiger partial charge in [0, 0.05) is 0 Å². The van der Waals surface area contributed by atoms with Gasteiger partial charge in [-0.3, -0.25) is 9.59 Å². The topological polar surface area (TPSA) is 111 Å². The number of carbonyl (C=O) groups excluding carboxylic acids is 4. The number of alkyl carbamates (subject to hydrolysis) is 1. The first-order chi connectivity index (χ1) is 14.0. The molecule has 0 bridgehead atoms. The maximum absolute atomic E-state index is 12.6. The molecular weight excluding hydrogens is 388 g/mol. The van der Waals surface area contributed by atoms with Gasteiger partial charge < -0.3 is 24.9 Å². The molecular formula is C22H32N2O6. The van der Waals surface area contributed by atoms with E-state index in [1.54, 1.807) is 20.8 Å². The van der Waals surface area contributed by atoms with E-state index in [4.69, 9.17) is 9.47 Å². The van der Waals surface area contributed by atoms with E-state index >= 15 is 0 Å². The van der Waals surface area contributed by atoms with Crippen LogP contribution in [0.15, 0.2) is 30.3 Å². The number of ether oxygens (including phenoxy) is 2. The molecule has 166 valence electrons. The summed E-state index contributed by atoms with van der Waals surface area (Å²) in [5.74, 6) is -1.08. The summed E-state index contributed by atoms with van der Waals surface area (Å²) in [6.45, 7) is 9.00. The van der Waals surface area contributed by atoms with E-state index in [2.05, 4.69) is 10.6 Å². The Kier molecular flexibility index (Phi) is 10.0. The molecule has 0 aliphatic carbocycles. The van der Waals surface area contributed by atoms with Crippen molar-refractivity contribution in [2.24, 2.45) is 5.92 Å². The fourth-order valence-corrected chi connectivity index (χ4v) is 2.59. The fraction of sp³-hybridized carbons (Fsp3) is 0.545. The van der Waals surface area contributed by atoms with E-state index < -0.39 is 35.7 Å². The van der Waals surface area contributed by atoms with Crippen LogP contribution in [0.25, 0.3) is 0 Å². The Balaban J connectivity index is 2.66. The van der Waals surface area contributed by atoms with Crippen molar-refractivity contribution in [3.05, 3.63) is 35.9 Å². The van der Waals surface area contributed by atoms with Crippen LogP contribution in [-0.2, 0) is 30.5 Å². The normalized spacial score (nSPS) is 13.1. The predicted molar refractivity (Wildman–Crippen MR) is 111 cm³/mol. The van der Waals surface area contributed by atoms with Crippen molar-refractivity contribution in [3.8, 4) is 0 Å². The maximum Gasteiger partial charge on any atom is 0.408 e. The summed E-state index contributed by atoms with van der Waals surface area (Å²) in [4.78, 5) is 48.0. The van der Waals surface area contributed by atoms with Crippen LogP contribution in [0, 0.1) is 5.92 Å². The molecule has 0 aliphatic rings. The lowest BCUT2D eigenvalue weighted by atomic mass is 10.0. The standard InChI is InChI=1S/C22H32N2O6/c1-15(2)11-18(24-21(28)29-14-16-9-7-6-8-10-16)20(27)23-17(13-25)12-19(26)30-22(3,4)5/h6-10,13,15,17-18H,11-12,14H2,1-5H3,(H,23,27)(H,24,28)/t17-,18-/m0/s1. The van der Waals surface area contributed by atoms with Crippen molar-refractivity contribution in [2.45, 2.75) is 71.8 Å². The second-order valence-electron chi connectivity index (χ2n) is 8.43. The molecule has 0 spiro atoms. The van der Waals surface area contributed by atoms with Gasteiger partial charge in [-0.15, -0.1) is 0 Å². The van der Waals surface area contributed by atoms with Gasteiger partial charge >= 0.3 is 12.1 Å². The molecule has 0 fully saturated rings. The Morgan fingerprint density at radius 3 is 2.23 bits per heavy atom. The number of nitrogens with one attached hydrogen (secondary N) is 2. The minimum absolute atomic E-state index is 0.0678. The van der Waals surface area contributed by atoms with Gasteiger partial charge in [0.1, 0.15) is 24.5 Å². The molecule has 2 atom stereocenters. The lowest BCUT2D eigenvalue weighted by molar-refractivity contribution is -0.156. The molecule has 0 radical (unpaired) electrons. The highest BCUT2D eigenvalue weighted by atomic mass is 16.6. The first-order valence-corrected chi connectivity index (χ1v) is 9.95. The predicted octanol–water partition coefficient (Wildman–Crippen LogP) is 2.74. The first-order valence-electron chi connectivity index (χ1n) is 9.95. The number of esters is 1. The molecule has 8 nitrogen and oxygen atoms in total. The number of aldehydes is 1. The lowest BCUT2D eigenvalue weighted by Gasteiger charge is -2.23. The van der Waals surface area contributed by atoms with Gasteiger partial charge in [0.15, 0.2) is 0 Å². The molecule has 8 heteroatoms. The smallest absolute Gasteiger partial charge is 0.408 e. The first kappa shape index (κ1) is 25.1. The zero-order chi connectivity index (χ0) is 22.7. The van der Waals surface area contributed by atoms with Gasteiger partial charge in [0.25, 0.3) is 0 Å². The van der Waals surface area contributed by atoms with Crippen molar-refractivity contribution in [1.82, 2.24) is 10.6 Å². The number of rotatable bonds is 10. The highest BCUT2D eigenvalue weighted by Gasteiger charge is 2.27. The van der Waals surface area contributed by atoms with Crippen LogP contribution in [0.2, 0.25) is 0 Å². The van der Waals surface area contributed by atoms with Crippen LogP contribution < -0.4 is 10.6 Å². The van der Waals surface area contributed by atoms with E-state index in [9.17, 15) is 19.2 Å². The summed E-state index contributed by atoms with van der Waals surface area (Å²) in [5.41, 5.74) is 0.120. The SMILES string of the molecule is CC(C)C[C@H](NC(=O)OCc1ccccc1)C(=O)N[C@H](C=O)CC(=O)OC(C)(C)C. The number of carbonyl (C=O) groups is 4. The number of benzene rings is 1. The minimum atomic E-state index is -1.05. The molecule has 0 aliphatic heterocycles. The third-order valence-electron chi connectivity index (χ3n) is 3.83. The molecule has 2 N–H and O–H groups in total. The van der Waals surface area contributed by atoms with Crippen LogP contribution in [0.4, 0.5) is 4.79 Å². The number of hydrogen-bond acceptors (Lipinski definition) is 6. The summed E-state index contributed by atoms with van der Waals surface area (Å²) in [7, 11) is 0. The van der Waals surface area contributed by atoms with Gasteiger partial charge in [0.2, 0.25) is 5.91 Å². The second-order valence-corrected chi connectivity index (χ2v) is 8.43. The summed E-state index contributed by atoms with van der Waals surface area (Å²) in [6, 6.07) is 7.19. The molecule has 30 heavy (non-hydrogen) atoms. The van der Waals surface area contributed by atoms with Gasteiger partial charge in [-0.1, -0.05) is 44.2 Å². The van der Waals surface area contributed by atoms with Gasteiger partial charge in [-0.2, -0.15) is 0 Å². The van der Waals surface area contributed by atoms with Crippen LogP contribution in [-0.4, -0.2) is 41.9 Å². The van der Waals surface area contributed by atoms with Gasteiger partial charge in [0.05, 0.1) is 12.5 Å². The van der Waals surface area contributed by atoms with Gasteiger partial charge in [-0.25, -0.2) is 4.79 Å². The van der Waals surface area contributed by atoms with Crippen LogP contribution >= 0.6 is 0 Å². The molecule has 1 aromatic carbocycles. The van der Waals surface area contributed by atoms with Crippen molar-refractivity contribution in [3.63, 3.8) is 0 Å². The lowest BCUT2D eigenvalue weighted by Crippen LogP contribution is -2.51.